The first-order chi connectivity index (χ1) is 12.1. The van der Waals surface area contributed by atoms with Crippen LogP contribution in [0.1, 0.15) is 39.2 Å². The van der Waals surface area contributed by atoms with E-state index >= 15 is 0 Å². The van der Waals surface area contributed by atoms with Crippen LogP contribution in [0.25, 0.3) is 0 Å². The van der Waals surface area contributed by atoms with Gasteiger partial charge in [-0.1, -0.05) is 32.0 Å². The molecule has 1 fully saturated rings. The second-order valence-corrected chi connectivity index (χ2v) is 6.78. The Morgan fingerprint density at radius 3 is 2.80 bits per heavy atom. The number of likely N-dealkylation sites (N-methyl/N-ethyl adjacent to an activating group) is 1. The number of carbonyl (C=O) groups is 1. The van der Waals surface area contributed by atoms with E-state index in [9.17, 15) is 4.79 Å². The molecular weight excluding hydrogens is 314 g/mol. The van der Waals surface area contributed by atoms with E-state index in [4.69, 9.17) is 4.74 Å². The van der Waals surface area contributed by atoms with Crippen molar-refractivity contribution in [1.82, 2.24) is 15.5 Å². The summed E-state index contributed by atoms with van der Waals surface area (Å²) in [5, 5.41) is 6.48. The van der Waals surface area contributed by atoms with E-state index < -0.39 is 0 Å². The maximum Gasteiger partial charge on any atom is 0.223 e. The summed E-state index contributed by atoms with van der Waals surface area (Å²) >= 11 is 0. The molecule has 0 saturated carbocycles. The average Bonchev–Trinajstić information content (AvgIpc) is 2.64. The fraction of sp³-hybridized carbons (Fsp3) is 0.650. The molecule has 1 aliphatic heterocycles. The minimum atomic E-state index is 0.118. The van der Waals surface area contributed by atoms with E-state index in [0.29, 0.717) is 19.2 Å². The molecule has 0 aromatic heterocycles. The predicted octanol–water partition coefficient (Wildman–Crippen LogP) is 2.41. The van der Waals surface area contributed by atoms with Gasteiger partial charge in [0.15, 0.2) is 0 Å². The molecule has 1 aromatic rings. The Hall–Kier alpha value is -1.59. The first kappa shape index (κ1) is 19.7. The van der Waals surface area contributed by atoms with Crippen LogP contribution in [0.4, 0.5) is 0 Å². The molecule has 25 heavy (non-hydrogen) atoms. The van der Waals surface area contributed by atoms with Crippen LogP contribution < -0.4 is 15.4 Å². The lowest BCUT2D eigenvalue weighted by atomic mass is 9.92. The van der Waals surface area contributed by atoms with Crippen molar-refractivity contribution >= 4 is 5.91 Å². The molecule has 0 radical (unpaired) electrons. The van der Waals surface area contributed by atoms with E-state index in [1.807, 2.05) is 24.3 Å². The molecular formula is C20H33N3O2. The third-order valence-corrected chi connectivity index (χ3v) is 4.98. The molecule has 140 valence electrons. The van der Waals surface area contributed by atoms with Gasteiger partial charge >= 0.3 is 0 Å². The number of amides is 1. The number of nitrogens with zero attached hydrogens (tertiary/aromatic N) is 1. The molecule has 5 nitrogen and oxygen atoms in total. The van der Waals surface area contributed by atoms with Crippen LogP contribution >= 0.6 is 0 Å². The summed E-state index contributed by atoms with van der Waals surface area (Å²) in [6.45, 7) is 11.6. The summed E-state index contributed by atoms with van der Waals surface area (Å²) < 4.78 is 5.96. The number of ether oxygens (including phenoxy) is 1. The van der Waals surface area contributed by atoms with Crippen molar-refractivity contribution in [1.29, 1.82) is 0 Å². The van der Waals surface area contributed by atoms with Gasteiger partial charge in [0.25, 0.3) is 0 Å². The van der Waals surface area contributed by atoms with Crippen molar-refractivity contribution < 1.29 is 9.53 Å². The summed E-state index contributed by atoms with van der Waals surface area (Å²) in [7, 11) is 0. The quantitative estimate of drug-likeness (QED) is 0.720. The lowest BCUT2D eigenvalue weighted by Crippen LogP contribution is -2.42. The molecule has 2 rings (SSSR count). The van der Waals surface area contributed by atoms with Crippen LogP contribution in [0.2, 0.25) is 0 Å². The normalized spacial score (nSPS) is 20.5. The summed E-state index contributed by atoms with van der Waals surface area (Å²) in [6.07, 6.45) is 1.83. The fourth-order valence-electron chi connectivity index (χ4n) is 3.31. The lowest BCUT2D eigenvalue weighted by Gasteiger charge is -2.27. The fourth-order valence-corrected chi connectivity index (χ4v) is 3.31. The summed E-state index contributed by atoms with van der Waals surface area (Å²) in [4.78, 5) is 14.8. The van der Waals surface area contributed by atoms with Gasteiger partial charge in [0, 0.05) is 30.6 Å². The molecule has 1 amide bonds. The molecule has 0 spiro atoms. The van der Waals surface area contributed by atoms with Gasteiger partial charge in [-0.15, -0.1) is 0 Å². The SMILES string of the molecule is CCN(CC)CCOc1ccccc1CNC(=O)[C@H]1CCN[C@@H](C)C1. The number of rotatable bonds is 9. The first-order valence-electron chi connectivity index (χ1n) is 9.58. The van der Waals surface area contributed by atoms with Crippen molar-refractivity contribution in [3.05, 3.63) is 29.8 Å². The standard InChI is InChI=1S/C20H33N3O2/c1-4-23(5-2)12-13-25-19-9-7-6-8-18(19)15-22-20(24)17-10-11-21-16(3)14-17/h6-9,16-17,21H,4-5,10-15H2,1-3H3,(H,22,24)/t16-,17-/m0/s1. The van der Waals surface area contributed by atoms with E-state index in [1.54, 1.807) is 0 Å². The molecule has 5 heteroatoms. The third-order valence-electron chi connectivity index (χ3n) is 4.98. The van der Waals surface area contributed by atoms with Crippen LogP contribution in [0, 0.1) is 5.92 Å². The highest BCUT2D eigenvalue weighted by Crippen LogP contribution is 2.19. The Balaban J connectivity index is 1.84. The Kier molecular flexibility index (Phi) is 8.22. The summed E-state index contributed by atoms with van der Waals surface area (Å²) in [6, 6.07) is 8.40. The largest absolute Gasteiger partial charge is 0.492 e. The highest BCUT2D eigenvalue weighted by molar-refractivity contribution is 5.78. The molecule has 2 N–H and O–H groups in total. The second-order valence-electron chi connectivity index (χ2n) is 6.78. The zero-order valence-electron chi connectivity index (χ0n) is 15.9. The third kappa shape index (κ3) is 6.33. The van der Waals surface area contributed by atoms with Gasteiger partial charge in [-0.3, -0.25) is 4.79 Å². The molecule has 1 aliphatic rings. The Morgan fingerprint density at radius 2 is 2.08 bits per heavy atom. The van der Waals surface area contributed by atoms with Crippen LogP contribution in [0.5, 0.6) is 5.75 Å². The Labute approximate surface area is 152 Å². The van der Waals surface area contributed by atoms with Crippen molar-refractivity contribution in [2.75, 3.05) is 32.8 Å². The minimum absolute atomic E-state index is 0.118. The lowest BCUT2D eigenvalue weighted by molar-refractivity contribution is -0.126. The van der Waals surface area contributed by atoms with E-state index in [-0.39, 0.29) is 11.8 Å². The number of para-hydroxylation sites is 1. The molecule has 0 unspecified atom stereocenters. The van der Waals surface area contributed by atoms with Crippen LogP contribution in [-0.4, -0.2) is 49.6 Å². The van der Waals surface area contributed by atoms with Crippen LogP contribution in [0.3, 0.4) is 0 Å². The van der Waals surface area contributed by atoms with Crippen molar-refractivity contribution in [3.8, 4) is 5.75 Å². The van der Waals surface area contributed by atoms with Gasteiger partial charge in [-0.2, -0.15) is 0 Å². The first-order valence-corrected chi connectivity index (χ1v) is 9.58. The maximum absolute atomic E-state index is 12.4. The molecule has 1 heterocycles. The van der Waals surface area contributed by atoms with Crippen LogP contribution in [0.15, 0.2) is 24.3 Å². The molecule has 0 bridgehead atoms. The topological polar surface area (TPSA) is 53.6 Å². The van der Waals surface area contributed by atoms with Crippen molar-refractivity contribution in [2.24, 2.45) is 5.92 Å². The van der Waals surface area contributed by atoms with E-state index in [2.05, 4.69) is 36.3 Å². The van der Waals surface area contributed by atoms with E-state index in [0.717, 1.165) is 50.3 Å². The smallest absolute Gasteiger partial charge is 0.223 e. The number of hydrogen-bond donors (Lipinski definition) is 2. The van der Waals surface area contributed by atoms with Gasteiger partial charge < -0.3 is 20.3 Å². The molecule has 1 saturated heterocycles. The maximum atomic E-state index is 12.4. The number of nitrogens with one attached hydrogen (secondary N) is 2. The zero-order valence-corrected chi connectivity index (χ0v) is 15.9. The second kappa shape index (κ2) is 10.4. The van der Waals surface area contributed by atoms with Crippen LogP contribution in [-0.2, 0) is 11.3 Å². The number of benzene rings is 1. The van der Waals surface area contributed by atoms with Gasteiger partial charge in [0.1, 0.15) is 12.4 Å². The summed E-state index contributed by atoms with van der Waals surface area (Å²) in [5.41, 5.74) is 1.04. The van der Waals surface area contributed by atoms with Crippen molar-refractivity contribution in [3.63, 3.8) is 0 Å². The highest BCUT2D eigenvalue weighted by Gasteiger charge is 2.24. The van der Waals surface area contributed by atoms with E-state index in [1.165, 1.54) is 0 Å². The van der Waals surface area contributed by atoms with Gasteiger partial charge in [0.05, 0.1) is 0 Å². The molecule has 1 aromatic carbocycles. The highest BCUT2D eigenvalue weighted by atomic mass is 16.5. The average molecular weight is 348 g/mol. The monoisotopic (exact) mass is 347 g/mol. The molecule has 2 atom stereocenters. The Bertz CT molecular complexity index is 531. The minimum Gasteiger partial charge on any atom is -0.492 e. The van der Waals surface area contributed by atoms with Gasteiger partial charge in [-0.25, -0.2) is 0 Å². The zero-order chi connectivity index (χ0) is 18.1. The van der Waals surface area contributed by atoms with Crippen molar-refractivity contribution in [2.45, 2.75) is 46.2 Å². The number of hydrogen-bond acceptors (Lipinski definition) is 4. The number of piperidine rings is 1. The number of carbonyl (C=O) groups excluding carboxylic acids is 1. The summed E-state index contributed by atoms with van der Waals surface area (Å²) in [5.74, 6) is 1.15. The Morgan fingerprint density at radius 1 is 1.32 bits per heavy atom. The predicted molar refractivity (Wildman–Crippen MR) is 102 cm³/mol. The van der Waals surface area contributed by atoms with Gasteiger partial charge in [0.2, 0.25) is 5.91 Å². The molecule has 0 aliphatic carbocycles. The van der Waals surface area contributed by atoms with Gasteiger partial charge in [-0.05, 0) is 45.5 Å².